The Morgan fingerprint density at radius 3 is 2.05 bits per heavy atom. The highest BCUT2D eigenvalue weighted by molar-refractivity contribution is 5.57. The van der Waals surface area contributed by atoms with Gasteiger partial charge in [0.1, 0.15) is 37.1 Å². The Morgan fingerprint density at radius 1 is 0.850 bits per heavy atom. The van der Waals surface area contributed by atoms with E-state index in [1.165, 1.54) is 39.5 Å². The van der Waals surface area contributed by atoms with E-state index in [2.05, 4.69) is 11.8 Å². The van der Waals surface area contributed by atoms with Crippen LogP contribution in [0.5, 0.6) is 28.7 Å². The van der Waals surface area contributed by atoms with Gasteiger partial charge in [-0.25, -0.2) is 0 Å². The average molecular weight is 567 g/mol. The number of aliphatic hydroxyl groups is 7. The summed E-state index contributed by atoms with van der Waals surface area (Å²) in [6.45, 7) is -1.56. The third-order valence-electron chi connectivity index (χ3n) is 6.19. The van der Waals surface area contributed by atoms with E-state index in [4.69, 9.17) is 33.5 Å². The molecule has 0 saturated carbocycles. The minimum atomic E-state index is -1.63. The molecule has 13 heteroatoms. The van der Waals surface area contributed by atoms with Gasteiger partial charge in [0.05, 0.1) is 34.5 Å². The molecule has 1 fully saturated rings. The summed E-state index contributed by atoms with van der Waals surface area (Å²) in [5.41, 5.74) is 0.747. The molecule has 0 radical (unpaired) electrons. The fourth-order valence-electron chi connectivity index (χ4n) is 4.03. The van der Waals surface area contributed by atoms with Crippen LogP contribution >= 0.6 is 0 Å². The quantitative estimate of drug-likeness (QED) is 0.159. The van der Waals surface area contributed by atoms with Gasteiger partial charge in [-0.2, -0.15) is 0 Å². The average Bonchev–Trinajstić information content (AvgIpc) is 2.98. The van der Waals surface area contributed by atoms with Crippen LogP contribution in [0.3, 0.4) is 0 Å². The Bertz CT molecular complexity index is 1150. The maximum atomic E-state index is 11.1. The maximum absolute atomic E-state index is 11.1. The normalized spacial score (nSPS) is 23.8. The Hall–Kier alpha value is -3.32. The van der Waals surface area contributed by atoms with Gasteiger partial charge < -0.3 is 64.2 Å². The molecule has 1 saturated heterocycles. The second kappa shape index (κ2) is 14.4. The van der Waals surface area contributed by atoms with Crippen molar-refractivity contribution in [1.82, 2.24) is 0 Å². The van der Waals surface area contributed by atoms with Crippen LogP contribution in [0, 0.1) is 11.8 Å². The fourth-order valence-corrected chi connectivity index (χ4v) is 4.03. The zero-order valence-electron chi connectivity index (χ0n) is 22.1. The maximum Gasteiger partial charge on any atom is 0.229 e. The molecule has 0 aromatic heterocycles. The zero-order valence-corrected chi connectivity index (χ0v) is 22.1. The summed E-state index contributed by atoms with van der Waals surface area (Å²) in [4.78, 5) is 0. The molecule has 0 aliphatic carbocycles. The molecule has 7 atom stereocenters. The lowest BCUT2D eigenvalue weighted by Gasteiger charge is -2.39. The summed E-state index contributed by atoms with van der Waals surface area (Å²) in [5.74, 6) is 5.97. The van der Waals surface area contributed by atoms with Crippen molar-refractivity contribution in [3.8, 4) is 40.6 Å². The molecule has 2 aromatic rings. The first-order valence-electron chi connectivity index (χ1n) is 12.2. The molecule has 7 unspecified atom stereocenters. The molecule has 3 rings (SSSR count). The van der Waals surface area contributed by atoms with E-state index in [-0.39, 0.29) is 40.9 Å². The van der Waals surface area contributed by atoms with Crippen molar-refractivity contribution in [2.24, 2.45) is 0 Å². The van der Waals surface area contributed by atoms with Gasteiger partial charge in [0.15, 0.2) is 29.1 Å². The summed E-state index contributed by atoms with van der Waals surface area (Å²) in [6.07, 6.45) is -10.00. The molecule has 7 N–H and O–H groups in total. The summed E-state index contributed by atoms with van der Waals surface area (Å²) >= 11 is 0. The van der Waals surface area contributed by atoms with E-state index in [0.717, 1.165) is 0 Å². The highest BCUT2D eigenvalue weighted by Crippen LogP contribution is 2.41. The molecule has 1 aliphatic rings. The largest absolute Gasteiger partial charge is 0.493 e. The summed E-state index contributed by atoms with van der Waals surface area (Å²) < 4.78 is 33.1. The lowest BCUT2D eigenvalue weighted by atomic mass is 9.99. The van der Waals surface area contributed by atoms with Gasteiger partial charge in [-0.1, -0.05) is 17.9 Å². The molecule has 0 amide bonds. The van der Waals surface area contributed by atoms with Gasteiger partial charge in [-0.05, 0) is 29.8 Å². The van der Waals surface area contributed by atoms with Crippen molar-refractivity contribution in [3.05, 3.63) is 41.5 Å². The number of benzene rings is 2. The van der Waals surface area contributed by atoms with Crippen molar-refractivity contribution < 1.29 is 64.2 Å². The minimum Gasteiger partial charge on any atom is -0.493 e. The molecule has 2 aromatic carbocycles. The van der Waals surface area contributed by atoms with Crippen molar-refractivity contribution >= 4 is 0 Å². The van der Waals surface area contributed by atoms with Crippen LogP contribution in [0.25, 0.3) is 0 Å². The number of hydrogen-bond donors (Lipinski definition) is 7. The van der Waals surface area contributed by atoms with Gasteiger partial charge in [0, 0.05) is 5.56 Å². The number of aliphatic hydroxyl groups excluding tert-OH is 7. The monoisotopic (exact) mass is 566 g/mol. The van der Waals surface area contributed by atoms with E-state index in [1.54, 1.807) is 12.1 Å². The SMILES string of the molecule is COc1cc(C(O)C(CO)Oc2c(OC)cc(C#CCO)cc2OC)ccc1OC1OC(CO)C(O)C(O)C1O. The molecular weight excluding hydrogens is 532 g/mol. The standard InChI is InChI=1S/C27H34O13/c1-35-17-11-15(6-7-16(17)39-27-25(34)24(33)23(32)21(13-30)40-27)22(31)20(12-29)38-26-18(36-2)9-14(5-4-8-28)10-19(26)37-3/h6-7,9-11,20-25,27-34H,8,12-13H2,1-3H3. The van der Waals surface area contributed by atoms with E-state index in [0.29, 0.717) is 5.56 Å². The number of rotatable bonds is 11. The van der Waals surface area contributed by atoms with E-state index in [1.807, 2.05) is 0 Å². The molecule has 0 bridgehead atoms. The van der Waals surface area contributed by atoms with Gasteiger partial charge in [0.2, 0.25) is 12.0 Å². The molecule has 0 spiro atoms. The molecule has 40 heavy (non-hydrogen) atoms. The van der Waals surface area contributed by atoms with Gasteiger partial charge in [-0.3, -0.25) is 0 Å². The van der Waals surface area contributed by atoms with Crippen LogP contribution in [-0.2, 0) is 4.74 Å². The molecule has 1 heterocycles. The Morgan fingerprint density at radius 2 is 1.50 bits per heavy atom. The lowest BCUT2D eigenvalue weighted by Crippen LogP contribution is -2.60. The van der Waals surface area contributed by atoms with Gasteiger partial charge in [-0.15, -0.1) is 0 Å². The Labute approximate surface area is 230 Å². The second-order valence-electron chi connectivity index (χ2n) is 8.68. The molecule has 1 aliphatic heterocycles. The number of ether oxygens (including phenoxy) is 6. The third kappa shape index (κ3) is 6.87. The van der Waals surface area contributed by atoms with Gasteiger partial charge in [0.25, 0.3) is 0 Å². The van der Waals surface area contributed by atoms with Crippen LogP contribution in [0.15, 0.2) is 30.3 Å². The first kappa shape index (κ1) is 31.2. The van der Waals surface area contributed by atoms with Crippen molar-refractivity contribution in [3.63, 3.8) is 0 Å². The van der Waals surface area contributed by atoms with E-state index in [9.17, 15) is 30.6 Å². The summed E-state index contributed by atoms with van der Waals surface area (Å²) in [5, 5.41) is 69.8. The highest BCUT2D eigenvalue weighted by Gasteiger charge is 2.45. The summed E-state index contributed by atoms with van der Waals surface area (Å²) in [7, 11) is 4.13. The van der Waals surface area contributed by atoms with E-state index >= 15 is 0 Å². The van der Waals surface area contributed by atoms with Crippen LogP contribution in [-0.4, -0.2) is 114 Å². The van der Waals surface area contributed by atoms with Crippen molar-refractivity contribution in [2.75, 3.05) is 41.2 Å². The topological polar surface area (TPSA) is 197 Å². The van der Waals surface area contributed by atoms with E-state index < -0.39 is 56.1 Å². The van der Waals surface area contributed by atoms with Crippen LogP contribution in [0.2, 0.25) is 0 Å². The first-order valence-corrected chi connectivity index (χ1v) is 12.2. The summed E-state index contributed by atoms with van der Waals surface area (Å²) in [6, 6.07) is 7.38. The molecule has 13 nitrogen and oxygen atoms in total. The van der Waals surface area contributed by atoms with Crippen LogP contribution < -0.4 is 23.7 Å². The fraction of sp³-hybridized carbons (Fsp3) is 0.481. The highest BCUT2D eigenvalue weighted by atomic mass is 16.7. The number of hydrogen-bond acceptors (Lipinski definition) is 13. The molecular formula is C27H34O13. The first-order chi connectivity index (χ1) is 19.2. The van der Waals surface area contributed by atoms with Crippen LogP contribution in [0.1, 0.15) is 17.2 Å². The second-order valence-corrected chi connectivity index (χ2v) is 8.68. The Balaban J connectivity index is 1.85. The smallest absolute Gasteiger partial charge is 0.229 e. The molecule has 220 valence electrons. The van der Waals surface area contributed by atoms with Gasteiger partial charge >= 0.3 is 0 Å². The predicted molar refractivity (Wildman–Crippen MR) is 137 cm³/mol. The third-order valence-corrected chi connectivity index (χ3v) is 6.19. The predicted octanol–water partition coefficient (Wildman–Crippen LogP) is -1.29. The number of methoxy groups -OCH3 is 3. The van der Waals surface area contributed by atoms with Crippen molar-refractivity contribution in [1.29, 1.82) is 0 Å². The van der Waals surface area contributed by atoms with Crippen LogP contribution in [0.4, 0.5) is 0 Å². The minimum absolute atomic E-state index is 0.0622. The lowest BCUT2D eigenvalue weighted by molar-refractivity contribution is -0.277. The van der Waals surface area contributed by atoms with Crippen molar-refractivity contribution in [2.45, 2.75) is 42.9 Å². The zero-order chi connectivity index (χ0) is 29.4. The Kier molecular flexibility index (Phi) is 11.2.